The van der Waals surface area contributed by atoms with Gasteiger partial charge in [-0.15, -0.1) is 24.8 Å². The Kier molecular flexibility index (Phi) is 10.6. The van der Waals surface area contributed by atoms with Crippen LogP contribution in [0.1, 0.15) is 38.3 Å². The smallest absolute Gasteiger partial charge is 0.132 e. The Bertz CT molecular complexity index is 457. The molecule has 1 aliphatic rings. The van der Waals surface area contributed by atoms with Crippen LogP contribution in [-0.4, -0.2) is 31.1 Å². The summed E-state index contributed by atoms with van der Waals surface area (Å²) < 4.78 is 28.5. The van der Waals surface area contributed by atoms with Crippen molar-refractivity contribution < 1.29 is 8.78 Å². The van der Waals surface area contributed by atoms with Crippen LogP contribution in [0.15, 0.2) is 12.1 Å². The van der Waals surface area contributed by atoms with E-state index >= 15 is 0 Å². The summed E-state index contributed by atoms with van der Waals surface area (Å²) in [6, 6.07) is 2.21. The van der Waals surface area contributed by atoms with Gasteiger partial charge in [-0.3, -0.25) is 4.90 Å². The largest absolute Gasteiger partial charge is 0.314 e. The van der Waals surface area contributed by atoms with Gasteiger partial charge in [0, 0.05) is 42.8 Å². The molecule has 1 atom stereocenters. The standard InChI is InChI=1S/C16H23ClF2N2.2ClH/c1-11(2)3-4-15(21-7-5-20-6-8-21)16-13(18)9-12(17)10-14(16)19;;/h9-11,15,20H,3-8H2,1-2H3;2*1H/t15-;;/m1../s1. The third-order valence-corrected chi connectivity index (χ3v) is 4.21. The summed E-state index contributed by atoms with van der Waals surface area (Å²) >= 11 is 5.74. The maximum Gasteiger partial charge on any atom is 0.132 e. The summed E-state index contributed by atoms with van der Waals surface area (Å²) in [7, 11) is 0. The number of nitrogens with zero attached hydrogens (tertiary/aromatic N) is 1. The zero-order valence-corrected chi connectivity index (χ0v) is 15.8. The number of piperazine rings is 1. The minimum atomic E-state index is -0.535. The second-order valence-corrected chi connectivity index (χ2v) is 6.49. The van der Waals surface area contributed by atoms with E-state index in [0.717, 1.165) is 39.0 Å². The molecule has 1 fully saturated rings. The summed E-state index contributed by atoms with van der Waals surface area (Å²) in [6.07, 6.45) is 1.70. The molecule has 0 saturated carbocycles. The molecule has 1 aromatic carbocycles. The highest BCUT2D eigenvalue weighted by atomic mass is 35.5. The second-order valence-electron chi connectivity index (χ2n) is 6.06. The predicted octanol–water partition coefficient (Wildman–Crippen LogP) is 4.84. The lowest BCUT2D eigenvalue weighted by atomic mass is 9.95. The van der Waals surface area contributed by atoms with Crippen LogP contribution in [0.25, 0.3) is 0 Å². The molecule has 0 radical (unpaired) electrons. The normalized spacial score (nSPS) is 16.6. The third-order valence-electron chi connectivity index (χ3n) is 3.99. The lowest BCUT2D eigenvalue weighted by molar-refractivity contribution is 0.153. The molecular weight excluding hydrogens is 365 g/mol. The number of nitrogens with one attached hydrogen (secondary N) is 1. The molecular formula is C16H25Cl3F2N2. The molecule has 0 spiro atoms. The van der Waals surface area contributed by atoms with E-state index in [1.807, 2.05) is 0 Å². The predicted molar refractivity (Wildman–Crippen MR) is 97.1 cm³/mol. The van der Waals surface area contributed by atoms with Crippen LogP contribution < -0.4 is 5.32 Å². The van der Waals surface area contributed by atoms with Gasteiger partial charge in [-0.2, -0.15) is 0 Å². The first kappa shape index (κ1) is 22.9. The summed E-state index contributed by atoms with van der Waals surface area (Å²) in [6.45, 7) is 7.59. The molecule has 0 amide bonds. The maximum absolute atomic E-state index is 14.3. The number of halogens is 5. The van der Waals surface area contributed by atoms with Crippen LogP contribution in [-0.2, 0) is 0 Å². The molecule has 134 valence electrons. The van der Waals surface area contributed by atoms with Crippen LogP contribution in [0.4, 0.5) is 8.78 Å². The molecule has 1 heterocycles. The van der Waals surface area contributed by atoms with Crippen molar-refractivity contribution >= 4 is 36.4 Å². The van der Waals surface area contributed by atoms with Crippen molar-refractivity contribution in [3.05, 3.63) is 34.4 Å². The van der Waals surface area contributed by atoms with E-state index in [1.54, 1.807) is 0 Å². The summed E-state index contributed by atoms with van der Waals surface area (Å²) in [5.41, 5.74) is 0.168. The average Bonchev–Trinajstić information content (AvgIpc) is 2.42. The number of benzene rings is 1. The van der Waals surface area contributed by atoms with Crippen LogP contribution in [0.3, 0.4) is 0 Å². The Labute approximate surface area is 154 Å². The first-order valence-corrected chi connectivity index (χ1v) is 7.96. The molecule has 1 saturated heterocycles. The highest BCUT2D eigenvalue weighted by Gasteiger charge is 2.27. The molecule has 1 aromatic rings. The monoisotopic (exact) mass is 388 g/mol. The first-order chi connectivity index (χ1) is 9.99. The zero-order chi connectivity index (χ0) is 15.4. The summed E-state index contributed by atoms with van der Waals surface area (Å²) in [5.74, 6) is -0.562. The number of rotatable bonds is 5. The van der Waals surface area contributed by atoms with Crippen molar-refractivity contribution in [3.63, 3.8) is 0 Å². The average molecular weight is 390 g/mol. The molecule has 0 unspecified atom stereocenters. The van der Waals surface area contributed by atoms with Crippen molar-refractivity contribution in [2.24, 2.45) is 5.92 Å². The molecule has 2 rings (SSSR count). The van der Waals surface area contributed by atoms with E-state index < -0.39 is 11.6 Å². The van der Waals surface area contributed by atoms with Crippen molar-refractivity contribution in [3.8, 4) is 0 Å². The van der Waals surface area contributed by atoms with Gasteiger partial charge in [0.1, 0.15) is 11.6 Å². The Morgan fingerprint density at radius 1 is 1.09 bits per heavy atom. The van der Waals surface area contributed by atoms with Gasteiger partial charge in [0.05, 0.1) is 0 Å². The number of hydrogen-bond donors (Lipinski definition) is 1. The van der Waals surface area contributed by atoms with Gasteiger partial charge in [-0.1, -0.05) is 25.4 Å². The summed E-state index contributed by atoms with van der Waals surface area (Å²) in [5, 5.41) is 3.38. The lowest BCUT2D eigenvalue weighted by Gasteiger charge is -2.36. The van der Waals surface area contributed by atoms with Crippen molar-refractivity contribution in [2.45, 2.75) is 32.7 Å². The van der Waals surface area contributed by atoms with Crippen LogP contribution in [0.2, 0.25) is 5.02 Å². The van der Waals surface area contributed by atoms with E-state index in [9.17, 15) is 8.78 Å². The Hall–Kier alpha value is -0.130. The fourth-order valence-corrected chi connectivity index (χ4v) is 3.06. The molecule has 0 aliphatic carbocycles. The Balaban J connectivity index is 0.00000242. The van der Waals surface area contributed by atoms with E-state index in [2.05, 4.69) is 24.1 Å². The van der Waals surface area contributed by atoms with Crippen LogP contribution in [0.5, 0.6) is 0 Å². The SMILES string of the molecule is CC(C)CC[C@H](c1c(F)cc(Cl)cc1F)N1CCNCC1.Cl.Cl. The second kappa shape index (κ2) is 10.7. The minimum Gasteiger partial charge on any atom is -0.314 e. The van der Waals surface area contributed by atoms with E-state index in [0.29, 0.717) is 5.92 Å². The Morgan fingerprint density at radius 3 is 2.09 bits per heavy atom. The van der Waals surface area contributed by atoms with Gasteiger partial charge in [0.2, 0.25) is 0 Å². The van der Waals surface area contributed by atoms with E-state index in [1.165, 1.54) is 12.1 Å². The van der Waals surface area contributed by atoms with Gasteiger partial charge in [0.25, 0.3) is 0 Å². The third kappa shape index (κ3) is 6.35. The fraction of sp³-hybridized carbons (Fsp3) is 0.625. The van der Waals surface area contributed by atoms with Crippen LogP contribution >= 0.6 is 36.4 Å². The summed E-state index contributed by atoms with van der Waals surface area (Å²) in [4.78, 5) is 2.17. The van der Waals surface area contributed by atoms with Gasteiger partial charge < -0.3 is 5.32 Å². The van der Waals surface area contributed by atoms with Crippen molar-refractivity contribution in [2.75, 3.05) is 26.2 Å². The van der Waals surface area contributed by atoms with Gasteiger partial charge in [-0.25, -0.2) is 8.78 Å². The van der Waals surface area contributed by atoms with Crippen molar-refractivity contribution in [1.82, 2.24) is 10.2 Å². The van der Waals surface area contributed by atoms with Gasteiger partial charge in [-0.05, 0) is 30.9 Å². The quantitative estimate of drug-likeness (QED) is 0.775. The number of hydrogen-bond acceptors (Lipinski definition) is 2. The van der Waals surface area contributed by atoms with Crippen molar-refractivity contribution in [1.29, 1.82) is 0 Å². The molecule has 1 N–H and O–H groups in total. The molecule has 0 bridgehead atoms. The van der Waals surface area contributed by atoms with Crippen LogP contribution in [0, 0.1) is 17.6 Å². The van der Waals surface area contributed by atoms with E-state index in [4.69, 9.17) is 11.6 Å². The molecule has 1 aliphatic heterocycles. The van der Waals surface area contributed by atoms with Gasteiger partial charge in [0.15, 0.2) is 0 Å². The maximum atomic E-state index is 14.3. The molecule has 23 heavy (non-hydrogen) atoms. The zero-order valence-electron chi connectivity index (χ0n) is 13.4. The van der Waals surface area contributed by atoms with Gasteiger partial charge >= 0.3 is 0 Å². The molecule has 7 heteroatoms. The highest BCUT2D eigenvalue weighted by Crippen LogP contribution is 2.33. The highest BCUT2D eigenvalue weighted by molar-refractivity contribution is 6.30. The van der Waals surface area contributed by atoms with E-state index in [-0.39, 0.29) is 41.4 Å². The topological polar surface area (TPSA) is 15.3 Å². The minimum absolute atomic E-state index is 0. The molecule has 2 nitrogen and oxygen atoms in total. The molecule has 0 aromatic heterocycles. The fourth-order valence-electron chi connectivity index (χ4n) is 2.87. The Morgan fingerprint density at radius 2 is 1.61 bits per heavy atom. The lowest BCUT2D eigenvalue weighted by Crippen LogP contribution is -2.45. The first-order valence-electron chi connectivity index (χ1n) is 7.58.